The quantitative estimate of drug-likeness (QED) is 0.743. The molecule has 0 radical (unpaired) electrons. The highest BCUT2D eigenvalue weighted by atomic mass is 19.4. The van der Waals surface area contributed by atoms with Gasteiger partial charge in [-0.05, 0) is 12.1 Å². The molecule has 0 unspecified atom stereocenters. The van der Waals surface area contributed by atoms with Gasteiger partial charge in [-0.25, -0.2) is 4.98 Å². The van der Waals surface area contributed by atoms with Gasteiger partial charge in [-0.15, -0.1) is 15.3 Å². The molecule has 0 aliphatic carbocycles. The molecule has 0 aromatic carbocycles. The fraction of sp³-hybridized carbons (Fsp3) is 0.300. The van der Waals surface area contributed by atoms with Gasteiger partial charge in [-0.3, -0.25) is 5.10 Å². The van der Waals surface area contributed by atoms with Crippen molar-refractivity contribution in [2.24, 2.45) is 0 Å². The van der Waals surface area contributed by atoms with Crippen LogP contribution in [0.5, 0.6) is 0 Å². The Morgan fingerprint density at radius 1 is 1.24 bits per heavy atom. The molecule has 0 saturated carbocycles. The Balaban J connectivity index is 1.77. The van der Waals surface area contributed by atoms with Crippen LogP contribution in [0.3, 0.4) is 0 Å². The number of nitrogens with one attached hydrogen (secondary N) is 2. The van der Waals surface area contributed by atoms with E-state index in [1.807, 2.05) is 0 Å². The van der Waals surface area contributed by atoms with E-state index in [0.29, 0.717) is 23.3 Å². The van der Waals surface area contributed by atoms with Gasteiger partial charge in [0, 0.05) is 13.0 Å². The summed E-state index contributed by atoms with van der Waals surface area (Å²) in [6.45, 7) is 0.442. The van der Waals surface area contributed by atoms with Crippen molar-refractivity contribution in [2.75, 3.05) is 11.9 Å². The molecular formula is C10H9F3N8. The SMILES string of the molecule is FC(F)(F)c1nnc2ccc(NCCc3ncn[nH]3)nn12. The second-order valence-corrected chi connectivity index (χ2v) is 4.12. The van der Waals surface area contributed by atoms with Gasteiger partial charge in [0.2, 0.25) is 0 Å². The summed E-state index contributed by atoms with van der Waals surface area (Å²) in [7, 11) is 0. The largest absolute Gasteiger partial charge is 0.453 e. The minimum absolute atomic E-state index is 0.0307. The first-order valence-corrected chi connectivity index (χ1v) is 5.92. The maximum Gasteiger partial charge on any atom is 0.453 e. The summed E-state index contributed by atoms with van der Waals surface area (Å²) in [6, 6.07) is 2.94. The van der Waals surface area contributed by atoms with Gasteiger partial charge in [0.1, 0.15) is 18.0 Å². The second kappa shape index (κ2) is 5.00. The molecule has 3 rings (SSSR count). The summed E-state index contributed by atoms with van der Waals surface area (Å²) in [5.74, 6) is -0.201. The van der Waals surface area contributed by atoms with Gasteiger partial charge in [-0.2, -0.15) is 22.8 Å². The average Bonchev–Trinajstić information content (AvgIpc) is 3.05. The molecular weight excluding hydrogens is 289 g/mol. The summed E-state index contributed by atoms with van der Waals surface area (Å²) < 4.78 is 38.8. The fourth-order valence-corrected chi connectivity index (χ4v) is 1.72. The molecule has 3 aromatic heterocycles. The maximum absolute atomic E-state index is 12.7. The zero-order chi connectivity index (χ0) is 14.9. The number of anilines is 1. The molecule has 0 atom stereocenters. The van der Waals surface area contributed by atoms with Gasteiger partial charge >= 0.3 is 6.18 Å². The molecule has 0 bridgehead atoms. The van der Waals surface area contributed by atoms with E-state index in [9.17, 15) is 13.2 Å². The van der Waals surface area contributed by atoms with Crippen molar-refractivity contribution in [1.82, 2.24) is 35.0 Å². The molecule has 8 nitrogen and oxygen atoms in total. The van der Waals surface area contributed by atoms with E-state index in [4.69, 9.17) is 0 Å². The van der Waals surface area contributed by atoms with Crippen LogP contribution in [0.25, 0.3) is 5.65 Å². The number of alkyl halides is 3. The third-order valence-corrected chi connectivity index (χ3v) is 2.65. The van der Waals surface area contributed by atoms with Crippen LogP contribution < -0.4 is 5.32 Å². The third kappa shape index (κ3) is 2.75. The summed E-state index contributed by atoms with van der Waals surface area (Å²) in [5, 5.41) is 19.6. The lowest BCUT2D eigenvalue weighted by atomic mass is 10.4. The number of halogens is 3. The summed E-state index contributed by atoms with van der Waals surface area (Å²) in [5.41, 5.74) is 0.0307. The smallest absolute Gasteiger partial charge is 0.368 e. The minimum Gasteiger partial charge on any atom is -0.368 e. The Hall–Kier alpha value is -2.72. The van der Waals surface area contributed by atoms with Crippen LogP contribution >= 0.6 is 0 Å². The van der Waals surface area contributed by atoms with Gasteiger partial charge in [-0.1, -0.05) is 0 Å². The first-order valence-electron chi connectivity index (χ1n) is 5.92. The van der Waals surface area contributed by atoms with Crippen LogP contribution in [0.15, 0.2) is 18.5 Å². The molecule has 0 fully saturated rings. The molecule has 3 heterocycles. The number of H-pyrrole nitrogens is 1. The highest BCUT2D eigenvalue weighted by Crippen LogP contribution is 2.27. The van der Waals surface area contributed by atoms with E-state index in [1.54, 1.807) is 0 Å². The van der Waals surface area contributed by atoms with Crippen LogP contribution in [0.1, 0.15) is 11.6 Å². The Kier molecular flexibility index (Phi) is 3.16. The van der Waals surface area contributed by atoms with Crippen molar-refractivity contribution in [3.05, 3.63) is 30.1 Å². The first-order chi connectivity index (χ1) is 10.0. The van der Waals surface area contributed by atoms with Crippen LogP contribution in [0.2, 0.25) is 0 Å². The molecule has 0 aliphatic heterocycles. The lowest BCUT2D eigenvalue weighted by Gasteiger charge is -2.06. The van der Waals surface area contributed by atoms with Crippen molar-refractivity contribution in [3.8, 4) is 0 Å². The van der Waals surface area contributed by atoms with Gasteiger partial charge < -0.3 is 5.32 Å². The van der Waals surface area contributed by atoms with Crippen LogP contribution in [-0.2, 0) is 12.6 Å². The monoisotopic (exact) mass is 298 g/mol. The molecule has 11 heteroatoms. The van der Waals surface area contributed by atoms with Crippen molar-refractivity contribution in [1.29, 1.82) is 0 Å². The fourth-order valence-electron chi connectivity index (χ4n) is 1.72. The number of aromatic amines is 1. The van der Waals surface area contributed by atoms with Crippen molar-refractivity contribution in [2.45, 2.75) is 12.6 Å². The second-order valence-electron chi connectivity index (χ2n) is 4.12. The highest BCUT2D eigenvalue weighted by Gasteiger charge is 2.37. The van der Waals surface area contributed by atoms with E-state index < -0.39 is 12.0 Å². The normalized spacial score (nSPS) is 12.0. The van der Waals surface area contributed by atoms with E-state index in [-0.39, 0.29) is 11.5 Å². The minimum atomic E-state index is -4.61. The Morgan fingerprint density at radius 3 is 2.81 bits per heavy atom. The summed E-state index contributed by atoms with van der Waals surface area (Å²) in [4.78, 5) is 3.93. The van der Waals surface area contributed by atoms with Crippen LogP contribution in [0, 0.1) is 0 Å². The summed E-state index contributed by atoms with van der Waals surface area (Å²) >= 11 is 0. The Morgan fingerprint density at radius 2 is 2.10 bits per heavy atom. The highest BCUT2D eigenvalue weighted by molar-refractivity contribution is 5.44. The predicted octanol–water partition coefficient (Wildman–Crippen LogP) is 0.916. The summed E-state index contributed by atoms with van der Waals surface area (Å²) in [6.07, 6.45) is -2.69. The number of aromatic nitrogens is 7. The zero-order valence-corrected chi connectivity index (χ0v) is 10.5. The zero-order valence-electron chi connectivity index (χ0n) is 10.5. The molecule has 110 valence electrons. The Bertz CT molecular complexity index is 732. The third-order valence-electron chi connectivity index (χ3n) is 2.65. The van der Waals surface area contributed by atoms with Crippen molar-refractivity contribution >= 4 is 11.5 Å². The molecule has 3 aromatic rings. The number of hydrogen-bond donors (Lipinski definition) is 2. The number of fused-ring (bicyclic) bond motifs is 1. The van der Waals surface area contributed by atoms with E-state index in [0.717, 1.165) is 0 Å². The molecule has 0 aliphatic rings. The van der Waals surface area contributed by atoms with Crippen molar-refractivity contribution in [3.63, 3.8) is 0 Å². The molecule has 0 spiro atoms. The first kappa shape index (κ1) is 13.3. The van der Waals surface area contributed by atoms with Crippen LogP contribution in [0.4, 0.5) is 19.0 Å². The molecule has 2 N–H and O–H groups in total. The maximum atomic E-state index is 12.7. The molecule has 0 saturated heterocycles. The number of rotatable bonds is 4. The van der Waals surface area contributed by atoms with Gasteiger partial charge in [0.05, 0.1) is 0 Å². The number of nitrogens with zero attached hydrogens (tertiary/aromatic N) is 6. The topological polar surface area (TPSA) is 96.7 Å². The van der Waals surface area contributed by atoms with Gasteiger partial charge in [0.25, 0.3) is 5.82 Å². The standard InChI is InChI=1S/C10H9F3N8/c11-10(12,13)9-19-18-8-2-1-7(20-21(8)9)14-4-3-6-15-5-16-17-6/h1-2,5H,3-4H2,(H,14,20)(H,15,16,17). The lowest BCUT2D eigenvalue weighted by Crippen LogP contribution is -2.14. The van der Waals surface area contributed by atoms with E-state index in [1.165, 1.54) is 18.5 Å². The lowest BCUT2D eigenvalue weighted by molar-refractivity contribution is -0.146. The molecule has 0 amide bonds. The number of hydrogen-bond acceptors (Lipinski definition) is 6. The molecule has 21 heavy (non-hydrogen) atoms. The average molecular weight is 298 g/mol. The van der Waals surface area contributed by atoms with Crippen molar-refractivity contribution < 1.29 is 13.2 Å². The van der Waals surface area contributed by atoms with E-state index >= 15 is 0 Å². The van der Waals surface area contributed by atoms with Gasteiger partial charge in [0.15, 0.2) is 5.65 Å². The van der Waals surface area contributed by atoms with Crippen LogP contribution in [-0.4, -0.2) is 41.5 Å². The predicted molar refractivity (Wildman–Crippen MR) is 64.4 cm³/mol. The van der Waals surface area contributed by atoms with E-state index in [2.05, 4.69) is 35.8 Å². The Labute approximate surface area is 115 Å².